The molecule has 0 aromatic carbocycles. The van der Waals surface area contributed by atoms with E-state index >= 15 is 0 Å². The molecule has 1 saturated heterocycles. The Morgan fingerprint density at radius 1 is 1.18 bits per heavy atom. The first-order chi connectivity index (χ1) is 10.3. The van der Waals surface area contributed by atoms with Crippen LogP contribution in [0.4, 0.5) is 0 Å². The molecule has 0 bridgehead atoms. The van der Waals surface area contributed by atoms with Gasteiger partial charge < -0.3 is 14.4 Å². The van der Waals surface area contributed by atoms with E-state index in [2.05, 4.69) is 39.0 Å². The smallest absolute Gasteiger partial charge is 0.399 e. The fraction of sp³-hybridized carbons (Fsp3) is 0.812. The number of aromatic nitrogens is 2. The van der Waals surface area contributed by atoms with E-state index < -0.39 is 0 Å². The minimum Gasteiger partial charge on any atom is -0.399 e. The Labute approximate surface area is 133 Å². The van der Waals surface area contributed by atoms with Crippen molar-refractivity contribution in [1.82, 2.24) is 9.78 Å². The zero-order valence-electron chi connectivity index (χ0n) is 14.1. The minimum absolute atomic E-state index is 0.311. The lowest BCUT2D eigenvalue weighted by atomic mass is 9.81. The Morgan fingerprint density at radius 2 is 1.77 bits per heavy atom. The highest BCUT2D eigenvalue weighted by molar-refractivity contribution is 6.61. The second-order valence-electron chi connectivity index (χ2n) is 7.70. The van der Waals surface area contributed by atoms with Crippen molar-refractivity contribution in [2.45, 2.75) is 70.6 Å². The molecule has 6 heteroatoms. The maximum atomic E-state index is 9.24. The summed E-state index contributed by atoms with van der Waals surface area (Å²) in [4.78, 5) is 0. The highest BCUT2D eigenvalue weighted by Gasteiger charge is 2.52. The lowest BCUT2D eigenvalue weighted by Crippen LogP contribution is -2.41. The van der Waals surface area contributed by atoms with Gasteiger partial charge in [-0.1, -0.05) is 0 Å². The second-order valence-corrected chi connectivity index (χ2v) is 7.70. The van der Waals surface area contributed by atoms with Crippen molar-refractivity contribution in [2.24, 2.45) is 5.92 Å². The third-order valence-electron chi connectivity index (χ3n) is 5.60. The summed E-state index contributed by atoms with van der Waals surface area (Å²) in [5.41, 5.74) is 0.348. The van der Waals surface area contributed by atoms with Crippen LogP contribution in [0.15, 0.2) is 12.4 Å². The third kappa shape index (κ3) is 2.84. The van der Waals surface area contributed by atoms with E-state index in [4.69, 9.17) is 9.31 Å². The van der Waals surface area contributed by atoms with Crippen LogP contribution < -0.4 is 5.46 Å². The molecule has 1 aliphatic carbocycles. The van der Waals surface area contributed by atoms with Gasteiger partial charge in [0.15, 0.2) is 0 Å². The van der Waals surface area contributed by atoms with Gasteiger partial charge in [-0.3, -0.25) is 4.68 Å². The molecule has 2 heterocycles. The molecule has 0 amide bonds. The normalized spacial score (nSPS) is 30.7. The van der Waals surface area contributed by atoms with Crippen LogP contribution in [0, 0.1) is 5.92 Å². The van der Waals surface area contributed by atoms with Crippen LogP contribution in [-0.2, 0) is 9.31 Å². The molecule has 122 valence electrons. The molecule has 2 fully saturated rings. The minimum atomic E-state index is -0.340. The van der Waals surface area contributed by atoms with Gasteiger partial charge in [-0.15, -0.1) is 0 Å². The molecular weight excluding hydrogens is 279 g/mol. The summed E-state index contributed by atoms with van der Waals surface area (Å²) in [5.74, 6) is 0.467. The fourth-order valence-electron chi connectivity index (χ4n) is 3.25. The highest BCUT2D eigenvalue weighted by Crippen LogP contribution is 2.36. The topological polar surface area (TPSA) is 56.5 Å². The SMILES string of the molecule is CC1(C)OB(c2cnn(C3CCC(CO)CC3)c2)OC1(C)C. The zero-order valence-corrected chi connectivity index (χ0v) is 14.1. The van der Waals surface area contributed by atoms with Crippen LogP contribution in [0.1, 0.15) is 59.4 Å². The summed E-state index contributed by atoms with van der Waals surface area (Å²) < 4.78 is 14.2. The number of aliphatic hydroxyl groups excluding tert-OH is 1. The van der Waals surface area contributed by atoms with Crippen molar-refractivity contribution in [3.05, 3.63) is 12.4 Å². The maximum Gasteiger partial charge on any atom is 0.498 e. The lowest BCUT2D eigenvalue weighted by Gasteiger charge is -2.32. The number of aliphatic hydroxyl groups is 1. The Balaban J connectivity index is 1.68. The highest BCUT2D eigenvalue weighted by atomic mass is 16.7. The van der Waals surface area contributed by atoms with Gasteiger partial charge in [-0.2, -0.15) is 5.10 Å². The van der Waals surface area contributed by atoms with E-state index in [0.717, 1.165) is 31.1 Å². The van der Waals surface area contributed by atoms with Gasteiger partial charge in [0.25, 0.3) is 0 Å². The quantitative estimate of drug-likeness (QED) is 0.867. The second kappa shape index (κ2) is 5.66. The third-order valence-corrected chi connectivity index (χ3v) is 5.60. The molecule has 22 heavy (non-hydrogen) atoms. The predicted octanol–water partition coefficient (Wildman–Crippen LogP) is 1.91. The van der Waals surface area contributed by atoms with Gasteiger partial charge in [0.1, 0.15) is 0 Å². The Morgan fingerprint density at radius 3 is 2.32 bits per heavy atom. The molecule has 3 rings (SSSR count). The zero-order chi connectivity index (χ0) is 16.0. The van der Waals surface area contributed by atoms with Crippen molar-refractivity contribution < 1.29 is 14.4 Å². The number of hydrogen-bond donors (Lipinski definition) is 1. The molecule has 0 spiro atoms. The van der Waals surface area contributed by atoms with Gasteiger partial charge in [0, 0.05) is 24.5 Å². The van der Waals surface area contributed by atoms with E-state index in [-0.39, 0.29) is 18.3 Å². The van der Waals surface area contributed by atoms with Crippen molar-refractivity contribution in [1.29, 1.82) is 0 Å². The van der Waals surface area contributed by atoms with E-state index in [1.807, 2.05) is 10.9 Å². The van der Waals surface area contributed by atoms with Crippen LogP contribution in [0.5, 0.6) is 0 Å². The molecule has 0 radical (unpaired) electrons. The monoisotopic (exact) mass is 306 g/mol. The van der Waals surface area contributed by atoms with Crippen LogP contribution >= 0.6 is 0 Å². The molecule has 1 aromatic rings. The molecule has 1 aliphatic heterocycles. The van der Waals surface area contributed by atoms with Crippen molar-refractivity contribution in [2.75, 3.05) is 6.61 Å². The summed E-state index contributed by atoms with van der Waals surface area (Å²) >= 11 is 0. The van der Waals surface area contributed by atoms with E-state index in [1.54, 1.807) is 0 Å². The summed E-state index contributed by atoms with van der Waals surface area (Å²) in [6, 6.07) is 0.430. The van der Waals surface area contributed by atoms with Crippen LogP contribution in [0.3, 0.4) is 0 Å². The molecule has 5 nitrogen and oxygen atoms in total. The number of hydrogen-bond acceptors (Lipinski definition) is 4. The van der Waals surface area contributed by atoms with Crippen molar-refractivity contribution in [3.8, 4) is 0 Å². The van der Waals surface area contributed by atoms with E-state index in [1.165, 1.54) is 0 Å². The number of nitrogens with zero attached hydrogens (tertiary/aromatic N) is 2. The number of rotatable bonds is 3. The largest absolute Gasteiger partial charge is 0.498 e. The molecule has 2 aliphatic rings. The average molecular weight is 306 g/mol. The first-order valence-corrected chi connectivity index (χ1v) is 8.33. The van der Waals surface area contributed by atoms with Gasteiger partial charge in [-0.05, 0) is 59.3 Å². The molecule has 1 N–H and O–H groups in total. The molecule has 0 atom stereocenters. The average Bonchev–Trinajstić information content (AvgIpc) is 3.03. The first-order valence-electron chi connectivity index (χ1n) is 8.33. The van der Waals surface area contributed by atoms with Crippen LogP contribution in [0.25, 0.3) is 0 Å². The van der Waals surface area contributed by atoms with E-state index in [0.29, 0.717) is 18.6 Å². The van der Waals surface area contributed by atoms with Gasteiger partial charge in [0.05, 0.1) is 17.2 Å². The molecule has 1 saturated carbocycles. The fourth-order valence-corrected chi connectivity index (χ4v) is 3.25. The maximum absolute atomic E-state index is 9.24. The van der Waals surface area contributed by atoms with Crippen LogP contribution in [-0.4, -0.2) is 39.8 Å². The summed E-state index contributed by atoms with van der Waals surface area (Å²) in [7, 11) is -0.340. The standard InChI is InChI=1S/C16H27BN2O3/c1-15(2)16(3,4)22-17(21-15)13-9-18-19(10-13)14-7-5-12(11-20)6-8-14/h9-10,12,14,20H,5-8,11H2,1-4H3. The van der Waals surface area contributed by atoms with Crippen molar-refractivity contribution >= 4 is 12.6 Å². The summed E-state index contributed by atoms with van der Waals surface area (Å²) in [6.45, 7) is 8.56. The van der Waals surface area contributed by atoms with Crippen molar-refractivity contribution in [3.63, 3.8) is 0 Å². The molecular formula is C16H27BN2O3. The Bertz CT molecular complexity index is 505. The van der Waals surface area contributed by atoms with Gasteiger partial charge in [0.2, 0.25) is 0 Å². The van der Waals surface area contributed by atoms with Gasteiger partial charge >= 0.3 is 7.12 Å². The predicted molar refractivity (Wildman–Crippen MR) is 86.0 cm³/mol. The summed E-state index contributed by atoms with van der Waals surface area (Å²) in [5, 5.41) is 13.8. The first kappa shape index (κ1) is 16.0. The molecule has 0 unspecified atom stereocenters. The summed E-state index contributed by atoms with van der Waals surface area (Å²) in [6.07, 6.45) is 8.23. The van der Waals surface area contributed by atoms with Gasteiger partial charge in [-0.25, -0.2) is 0 Å². The van der Waals surface area contributed by atoms with E-state index in [9.17, 15) is 5.11 Å². The lowest BCUT2D eigenvalue weighted by molar-refractivity contribution is 0.00578. The van der Waals surface area contributed by atoms with Crippen LogP contribution in [0.2, 0.25) is 0 Å². The Kier molecular flexibility index (Phi) is 4.12. The Hall–Kier alpha value is -0.845. The molecule has 1 aromatic heterocycles.